The quantitative estimate of drug-likeness (QED) is 0.0887. The van der Waals surface area contributed by atoms with Crippen LogP contribution in [0.3, 0.4) is 0 Å². The number of ether oxygens (including phenoxy) is 4. The highest BCUT2D eigenvalue weighted by atomic mass is 16.7. The zero-order chi connectivity index (χ0) is 38.1. The van der Waals surface area contributed by atoms with Crippen LogP contribution < -0.4 is 15.4 Å². The number of rotatable bonds is 18. The van der Waals surface area contributed by atoms with Crippen molar-refractivity contribution in [3.05, 3.63) is 35.9 Å². The Morgan fingerprint density at radius 3 is 2.25 bits per heavy atom. The van der Waals surface area contributed by atoms with Gasteiger partial charge in [0.25, 0.3) is 11.8 Å². The molecule has 17 heteroatoms. The summed E-state index contributed by atoms with van der Waals surface area (Å²) in [6.45, 7) is 8.71. The minimum absolute atomic E-state index is 0.0189. The lowest BCUT2D eigenvalue weighted by Crippen LogP contribution is -2.61. The second-order valence-corrected chi connectivity index (χ2v) is 13.2. The molecule has 4 amide bonds. The second-order valence-electron chi connectivity index (χ2n) is 13.2. The first kappa shape index (κ1) is 41.0. The van der Waals surface area contributed by atoms with E-state index in [0.29, 0.717) is 24.8 Å². The first-order valence-electron chi connectivity index (χ1n) is 16.5. The van der Waals surface area contributed by atoms with E-state index in [1.54, 1.807) is 13.8 Å². The Morgan fingerprint density at radius 1 is 0.980 bits per heavy atom. The van der Waals surface area contributed by atoms with Gasteiger partial charge >= 0.3 is 11.9 Å². The van der Waals surface area contributed by atoms with E-state index in [-0.39, 0.29) is 61.9 Å². The van der Waals surface area contributed by atoms with Crippen LogP contribution in [0, 0.1) is 5.41 Å². The summed E-state index contributed by atoms with van der Waals surface area (Å²) in [5, 5.41) is 45.2. The number of nitrogens with zero attached hydrogens (tertiary/aromatic N) is 1. The predicted octanol–water partition coefficient (Wildman–Crippen LogP) is 0.382. The van der Waals surface area contributed by atoms with Crippen molar-refractivity contribution in [1.82, 2.24) is 10.2 Å². The van der Waals surface area contributed by atoms with Crippen molar-refractivity contribution in [2.75, 3.05) is 25.0 Å². The number of nitrogens with one attached hydrogen (secondary N) is 2. The maximum absolute atomic E-state index is 13.0. The van der Waals surface area contributed by atoms with Crippen molar-refractivity contribution < 1.29 is 68.1 Å². The molecule has 0 aliphatic carbocycles. The summed E-state index contributed by atoms with van der Waals surface area (Å²) in [4.78, 5) is 73.8. The maximum Gasteiger partial charge on any atom is 0.335 e. The molecule has 17 nitrogen and oxygen atoms in total. The molecule has 2 aliphatic heterocycles. The largest absolute Gasteiger partial charge is 0.479 e. The molecule has 282 valence electrons. The topological polar surface area (TPSA) is 248 Å². The Balaban J connectivity index is 1.57. The summed E-state index contributed by atoms with van der Waals surface area (Å²) in [5.41, 5.74) is -1.06. The maximum atomic E-state index is 13.0. The van der Waals surface area contributed by atoms with Crippen LogP contribution in [-0.4, -0.2) is 117 Å². The summed E-state index contributed by atoms with van der Waals surface area (Å²) in [7, 11) is 0. The monoisotopic (exact) mass is 721 g/mol. The molecule has 6 atom stereocenters. The van der Waals surface area contributed by atoms with Gasteiger partial charge in [-0.25, -0.2) is 4.79 Å². The fourth-order valence-electron chi connectivity index (χ4n) is 5.09. The van der Waals surface area contributed by atoms with Gasteiger partial charge in [-0.3, -0.25) is 28.9 Å². The van der Waals surface area contributed by atoms with Crippen LogP contribution in [-0.2, 0) is 49.6 Å². The number of esters is 1. The molecule has 2 heterocycles. The van der Waals surface area contributed by atoms with Gasteiger partial charge < -0.3 is 50.0 Å². The summed E-state index contributed by atoms with van der Waals surface area (Å²) in [6, 6.07) is 4.23. The van der Waals surface area contributed by atoms with Gasteiger partial charge in [0.15, 0.2) is 6.10 Å². The van der Waals surface area contributed by atoms with Crippen molar-refractivity contribution in [2.45, 2.75) is 103 Å². The SMILES string of the molecule is CCC(C)(CCN1C(=O)C=CC1=O)OCCC(C)(C)C(=O)NCCC(=O)Nc1cc(COC(C)=O)ccc1O[C@@H]1O[C@H](C(=O)O)[C@@H](O)[C@H](O)[C@H]1O. The summed E-state index contributed by atoms with van der Waals surface area (Å²) < 4.78 is 21.9. The van der Waals surface area contributed by atoms with Crippen molar-refractivity contribution in [3.8, 4) is 5.75 Å². The molecule has 2 aliphatic rings. The van der Waals surface area contributed by atoms with E-state index in [4.69, 9.17) is 18.9 Å². The first-order valence-corrected chi connectivity index (χ1v) is 16.5. The number of imide groups is 1. The lowest BCUT2D eigenvalue weighted by Gasteiger charge is -2.38. The van der Waals surface area contributed by atoms with Crippen molar-refractivity contribution in [3.63, 3.8) is 0 Å². The van der Waals surface area contributed by atoms with Crippen LogP contribution in [0.25, 0.3) is 0 Å². The van der Waals surface area contributed by atoms with Gasteiger partial charge in [0.05, 0.1) is 11.3 Å². The molecule has 6 N–H and O–H groups in total. The fourth-order valence-corrected chi connectivity index (χ4v) is 5.09. The standard InChI is InChI=1S/C34H47N3O14/c1-6-34(5,12-15-37-24(40)9-10-25(37)41)49-16-13-33(3,4)32(47)35-14-11-23(39)36-21-17-20(18-48-19(2)38)7-8-22(21)50-31-28(44)26(42)27(43)29(51-31)30(45)46/h7-10,17,26-29,31,42-44H,6,11-16,18H2,1-5H3,(H,35,47)(H,36,39)(H,45,46)/t26-,27-,28+,29-,31+,34?/m0/s1. The van der Waals surface area contributed by atoms with E-state index >= 15 is 0 Å². The Bertz CT molecular complexity index is 1480. The lowest BCUT2D eigenvalue weighted by atomic mass is 9.88. The molecule has 0 radical (unpaired) electrons. The molecule has 51 heavy (non-hydrogen) atoms. The number of carbonyl (C=O) groups is 6. The van der Waals surface area contributed by atoms with Gasteiger partial charge in [-0.15, -0.1) is 0 Å². The summed E-state index contributed by atoms with van der Waals surface area (Å²) in [6.07, 6.45) is -5.73. The third kappa shape index (κ3) is 11.3. The predicted molar refractivity (Wildman–Crippen MR) is 177 cm³/mol. The van der Waals surface area contributed by atoms with E-state index < -0.39 is 59.6 Å². The smallest absolute Gasteiger partial charge is 0.335 e. The van der Waals surface area contributed by atoms with Crippen LogP contribution in [0.4, 0.5) is 5.69 Å². The van der Waals surface area contributed by atoms with E-state index in [9.17, 15) is 49.2 Å². The highest BCUT2D eigenvalue weighted by molar-refractivity contribution is 6.12. The number of carbonyl (C=O) groups excluding carboxylic acids is 5. The molecule has 1 aromatic carbocycles. The van der Waals surface area contributed by atoms with Gasteiger partial charge in [0.1, 0.15) is 30.7 Å². The van der Waals surface area contributed by atoms with E-state index in [0.717, 1.165) is 4.90 Å². The second kappa shape index (κ2) is 17.7. The minimum Gasteiger partial charge on any atom is -0.479 e. The number of amides is 4. The summed E-state index contributed by atoms with van der Waals surface area (Å²) >= 11 is 0. The number of aliphatic hydroxyl groups excluding tert-OH is 3. The molecule has 1 unspecified atom stereocenters. The minimum atomic E-state index is -1.93. The molecular weight excluding hydrogens is 674 g/mol. The number of carboxylic acids is 1. The average molecular weight is 722 g/mol. The number of anilines is 1. The highest BCUT2D eigenvalue weighted by Crippen LogP contribution is 2.31. The molecule has 0 spiro atoms. The fraction of sp³-hybridized carbons (Fsp3) is 0.588. The Hall–Kier alpha value is -4.42. The molecule has 1 aromatic rings. The molecule has 0 saturated carbocycles. The molecule has 0 bridgehead atoms. The zero-order valence-corrected chi connectivity index (χ0v) is 29.2. The molecule has 1 saturated heterocycles. The molecular formula is C34H47N3O14. The van der Waals surface area contributed by atoms with Gasteiger partial charge in [0.2, 0.25) is 18.1 Å². The average Bonchev–Trinajstić information content (AvgIpc) is 3.39. The van der Waals surface area contributed by atoms with Crippen LogP contribution in [0.1, 0.15) is 65.9 Å². The molecule has 0 aromatic heterocycles. The number of hydrogen-bond acceptors (Lipinski definition) is 13. The third-order valence-corrected chi connectivity index (χ3v) is 8.76. The number of hydrogen-bond donors (Lipinski definition) is 6. The van der Waals surface area contributed by atoms with Gasteiger partial charge in [-0.05, 0) is 43.9 Å². The van der Waals surface area contributed by atoms with Gasteiger partial charge in [0, 0.05) is 50.6 Å². The molecule has 3 rings (SSSR count). The van der Waals surface area contributed by atoms with E-state index in [2.05, 4.69) is 10.6 Å². The molecule has 1 fully saturated rings. The normalized spacial score (nSPS) is 23.1. The Morgan fingerprint density at radius 2 is 1.65 bits per heavy atom. The lowest BCUT2D eigenvalue weighted by molar-refractivity contribution is -0.271. The van der Waals surface area contributed by atoms with Crippen LogP contribution in [0.5, 0.6) is 5.75 Å². The van der Waals surface area contributed by atoms with Crippen molar-refractivity contribution in [2.24, 2.45) is 5.41 Å². The first-order chi connectivity index (χ1) is 23.9. The third-order valence-electron chi connectivity index (χ3n) is 8.76. The van der Waals surface area contributed by atoms with Gasteiger partial charge in [-0.1, -0.05) is 26.8 Å². The van der Waals surface area contributed by atoms with Crippen LogP contribution >= 0.6 is 0 Å². The number of carboxylic acid groups (broad SMARTS) is 1. The Labute approximate surface area is 294 Å². The van der Waals surface area contributed by atoms with Crippen LogP contribution in [0.2, 0.25) is 0 Å². The Kier molecular flexibility index (Phi) is 14.2. The van der Waals surface area contributed by atoms with Crippen molar-refractivity contribution in [1.29, 1.82) is 0 Å². The van der Waals surface area contributed by atoms with Crippen LogP contribution in [0.15, 0.2) is 30.4 Å². The number of aliphatic carboxylic acids is 1. The van der Waals surface area contributed by atoms with E-state index in [1.165, 1.54) is 37.3 Å². The van der Waals surface area contributed by atoms with E-state index in [1.807, 2.05) is 13.8 Å². The highest BCUT2D eigenvalue weighted by Gasteiger charge is 2.48. The number of aliphatic hydroxyl groups is 3. The summed E-state index contributed by atoms with van der Waals surface area (Å²) in [5.74, 6) is -3.89. The van der Waals surface area contributed by atoms with Crippen molar-refractivity contribution >= 4 is 41.3 Å². The number of benzene rings is 1. The zero-order valence-electron chi connectivity index (χ0n) is 29.2. The van der Waals surface area contributed by atoms with Gasteiger partial charge in [-0.2, -0.15) is 0 Å².